The molecule has 2 aromatic carbocycles. The summed E-state index contributed by atoms with van der Waals surface area (Å²) in [6, 6.07) is 6.76. The lowest BCUT2D eigenvalue weighted by molar-refractivity contribution is -0.140. The molecule has 3 N–H and O–H groups in total. The maximum Gasteiger partial charge on any atom is 0.405 e. The average Bonchev–Trinajstić information content (AvgIpc) is 3.87. The zero-order chi connectivity index (χ0) is 39.9. The summed E-state index contributed by atoms with van der Waals surface area (Å²) in [6.07, 6.45) is 0.716. The van der Waals surface area contributed by atoms with Gasteiger partial charge in [0.2, 0.25) is 17.7 Å². The summed E-state index contributed by atoms with van der Waals surface area (Å²) in [4.78, 5) is 58.4. The Balaban J connectivity index is 1.30. The van der Waals surface area contributed by atoms with Gasteiger partial charge in [0.1, 0.15) is 11.6 Å². The Morgan fingerprint density at radius 1 is 0.982 bits per heavy atom. The number of nitrogens with two attached hydrogens (primary N) is 1. The van der Waals surface area contributed by atoms with Gasteiger partial charge in [-0.25, -0.2) is 18.6 Å². The van der Waals surface area contributed by atoms with Gasteiger partial charge in [0.15, 0.2) is 29.1 Å². The number of ether oxygens (including phenoxy) is 3. The first-order chi connectivity index (χ1) is 26.1. The van der Waals surface area contributed by atoms with E-state index in [2.05, 4.69) is 15.0 Å². The van der Waals surface area contributed by atoms with Gasteiger partial charge < -0.3 is 39.5 Å². The summed E-state index contributed by atoms with van der Waals surface area (Å²) in [6.45, 7) is 4.01. The molecule has 298 valence electrons. The summed E-state index contributed by atoms with van der Waals surface area (Å²) in [5.41, 5.74) is 4.70. The highest BCUT2D eigenvalue weighted by Gasteiger charge is 2.35. The van der Waals surface area contributed by atoms with E-state index in [-0.39, 0.29) is 83.7 Å². The van der Waals surface area contributed by atoms with Crippen LogP contribution in [-0.2, 0) is 20.9 Å². The fourth-order valence-electron chi connectivity index (χ4n) is 6.08. The molecule has 1 saturated heterocycles. The second kappa shape index (κ2) is 17.9. The van der Waals surface area contributed by atoms with Crippen LogP contribution in [0.2, 0.25) is 0 Å². The summed E-state index contributed by atoms with van der Waals surface area (Å²) in [7, 11) is 0. The monoisotopic (exact) mass is 775 g/mol. The van der Waals surface area contributed by atoms with Gasteiger partial charge in [-0.15, -0.1) is 0 Å². The van der Waals surface area contributed by atoms with Gasteiger partial charge in [-0.3, -0.25) is 14.4 Å². The smallest absolute Gasteiger partial charge is 0.405 e. The number of halogens is 4. The Morgan fingerprint density at radius 3 is 2.33 bits per heavy atom. The molecule has 1 aliphatic carbocycles. The highest BCUT2D eigenvalue weighted by Crippen LogP contribution is 2.39. The maximum atomic E-state index is 14.3. The lowest BCUT2D eigenvalue weighted by Crippen LogP contribution is -2.51. The number of primary amides is 1. The minimum atomic E-state index is -3.18. The van der Waals surface area contributed by atoms with Crippen molar-refractivity contribution < 1.29 is 55.4 Å². The summed E-state index contributed by atoms with van der Waals surface area (Å²) in [5.74, 6) is -3.03. The predicted octanol–water partition coefficient (Wildman–Crippen LogP) is 6.35. The number of benzene rings is 2. The summed E-state index contributed by atoms with van der Waals surface area (Å²) < 4.78 is 76.3. The van der Waals surface area contributed by atoms with Gasteiger partial charge in [-0.1, -0.05) is 26.8 Å². The fraction of sp³-hybridized carbons (Fsp3) is 0.500. The van der Waals surface area contributed by atoms with Crippen LogP contribution in [-0.4, -0.2) is 78.0 Å². The second-order valence-corrected chi connectivity index (χ2v) is 14.7. The van der Waals surface area contributed by atoms with Crippen LogP contribution in [0.15, 0.2) is 40.8 Å². The number of nitrogens with one attached hydrogen (secondary N) is 1. The van der Waals surface area contributed by atoms with Crippen molar-refractivity contribution in [3.8, 4) is 23.0 Å². The number of carbonyl (C=O) groups excluding carboxylic acids is 4. The molecule has 0 radical (unpaired) electrons. The van der Waals surface area contributed by atoms with E-state index in [4.69, 9.17) is 19.6 Å². The molecule has 5 rings (SSSR count). The number of oxazole rings is 1. The highest BCUT2D eigenvalue weighted by atomic mass is 19.3. The predicted molar refractivity (Wildman–Crippen MR) is 189 cm³/mol. The number of hydrogen-bond acceptors (Lipinski definition) is 9. The minimum absolute atomic E-state index is 0.0138. The van der Waals surface area contributed by atoms with Gasteiger partial charge in [0.05, 0.1) is 6.61 Å². The number of unbranched alkanes of at least 4 members (excludes halogenated alkanes) is 1. The molecule has 13 nitrogen and oxygen atoms in total. The molecule has 1 aromatic heterocycles. The Morgan fingerprint density at radius 2 is 1.69 bits per heavy atom. The number of aromatic nitrogens is 1. The van der Waals surface area contributed by atoms with Crippen LogP contribution in [0.1, 0.15) is 87.2 Å². The van der Waals surface area contributed by atoms with Gasteiger partial charge in [0, 0.05) is 62.3 Å². The third-order valence-electron chi connectivity index (χ3n) is 8.99. The van der Waals surface area contributed by atoms with Crippen LogP contribution in [0.4, 0.5) is 22.4 Å². The van der Waals surface area contributed by atoms with Crippen molar-refractivity contribution in [2.45, 2.75) is 78.6 Å². The van der Waals surface area contributed by atoms with Gasteiger partial charge in [-0.05, 0) is 61.8 Å². The quantitative estimate of drug-likeness (QED) is 0.125. The number of piperazine rings is 1. The molecule has 2 fully saturated rings. The first-order valence-electron chi connectivity index (χ1n) is 18.1. The Kier molecular flexibility index (Phi) is 13.3. The van der Waals surface area contributed by atoms with Crippen molar-refractivity contribution in [2.24, 2.45) is 17.1 Å². The Bertz CT molecular complexity index is 1850. The molecule has 1 atom stereocenters. The molecular weight excluding hydrogens is 730 g/mol. The molecule has 1 saturated carbocycles. The largest absolute Gasteiger partial charge is 0.490 e. The second-order valence-electron chi connectivity index (χ2n) is 14.7. The van der Waals surface area contributed by atoms with Crippen LogP contribution in [0.3, 0.4) is 0 Å². The lowest BCUT2D eigenvalue weighted by atomic mass is 9.88. The van der Waals surface area contributed by atoms with Crippen LogP contribution >= 0.6 is 0 Å². The first kappa shape index (κ1) is 40.8. The number of rotatable bonds is 16. The van der Waals surface area contributed by atoms with Crippen molar-refractivity contribution in [3.63, 3.8) is 0 Å². The van der Waals surface area contributed by atoms with Crippen molar-refractivity contribution in [2.75, 3.05) is 32.8 Å². The van der Waals surface area contributed by atoms with Crippen LogP contribution in [0, 0.1) is 23.0 Å². The van der Waals surface area contributed by atoms with E-state index in [1.807, 2.05) is 25.7 Å². The van der Waals surface area contributed by atoms with E-state index in [0.29, 0.717) is 45.1 Å². The van der Waals surface area contributed by atoms with Crippen molar-refractivity contribution >= 4 is 23.8 Å². The normalized spacial score (nSPS) is 15.1. The third-order valence-corrected chi connectivity index (χ3v) is 8.99. The fourth-order valence-corrected chi connectivity index (χ4v) is 6.08. The van der Waals surface area contributed by atoms with Crippen LogP contribution in [0.5, 0.6) is 11.5 Å². The third kappa shape index (κ3) is 11.6. The molecule has 55 heavy (non-hydrogen) atoms. The number of nitrogens with zero attached hydrogens (tertiary/aromatic N) is 3. The van der Waals surface area contributed by atoms with Crippen LogP contribution in [0.25, 0.3) is 11.5 Å². The molecule has 0 bridgehead atoms. The van der Waals surface area contributed by atoms with Gasteiger partial charge in [0.25, 0.3) is 5.91 Å². The van der Waals surface area contributed by atoms with E-state index in [1.54, 1.807) is 4.90 Å². The number of carbonyl (C=O) groups is 4. The van der Waals surface area contributed by atoms with Crippen molar-refractivity contribution in [3.05, 3.63) is 65.1 Å². The topological polar surface area (TPSA) is 167 Å². The van der Waals surface area contributed by atoms with Crippen molar-refractivity contribution in [1.29, 1.82) is 0 Å². The molecule has 1 aliphatic heterocycles. The number of alkyl halides is 2. The summed E-state index contributed by atoms with van der Waals surface area (Å²) >= 11 is 0. The van der Waals surface area contributed by atoms with E-state index in [0.717, 1.165) is 18.9 Å². The zero-order valence-corrected chi connectivity index (χ0v) is 30.9. The molecule has 17 heteroatoms. The van der Waals surface area contributed by atoms with E-state index >= 15 is 0 Å². The maximum absolute atomic E-state index is 14.3. The molecule has 0 spiro atoms. The van der Waals surface area contributed by atoms with E-state index in [1.165, 1.54) is 24.3 Å². The van der Waals surface area contributed by atoms with Gasteiger partial charge >= 0.3 is 12.7 Å². The SMILES string of the molecule is CC(C)(C)C[C@H](OC(N)=O)c1oc(-c2ccc(OC(F)F)c(OCCCCC(=O)N3CCN(C(=O)C4CC4)CC3)c2)nc1C(=O)NCc1ccc(F)cc1F. The number of hydrogen-bond donors (Lipinski definition) is 2. The first-order valence-corrected chi connectivity index (χ1v) is 18.1. The molecule has 2 aliphatic rings. The minimum Gasteiger partial charge on any atom is -0.490 e. The molecular formula is C38H45F4N5O8. The average molecular weight is 776 g/mol. The zero-order valence-electron chi connectivity index (χ0n) is 30.9. The Hall–Kier alpha value is -5.35. The number of amides is 4. The molecule has 3 aromatic rings. The standard InChI is InChI=1S/C38H45F4N5O8/c1-38(2,3)20-29(54-37(43)51)32-31(33(49)44-21-24-9-11-25(39)19-26(24)40)45-34(55-32)23-10-12-27(53-36(41)42)28(18-23)52-17-5-4-6-30(48)46-13-15-47(16-14-46)35(50)22-7-8-22/h9-12,18-19,22,29,36H,4-8,13-17,20-21H2,1-3H3,(H2,43,51)(H,44,49)/t29-/m0/s1. The highest BCUT2D eigenvalue weighted by molar-refractivity contribution is 5.94. The van der Waals surface area contributed by atoms with E-state index < -0.39 is 41.8 Å². The van der Waals surface area contributed by atoms with Gasteiger partial charge in [-0.2, -0.15) is 8.78 Å². The molecule has 4 amide bonds. The molecule has 2 heterocycles. The van der Waals surface area contributed by atoms with E-state index in [9.17, 15) is 36.7 Å². The molecule has 0 unspecified atom stereocenters. The van der Waals surface area contributed by atoms with Crippen LogP contribution < -0.4 is 20.5 Å². The lowest BCUT2D eigenvalue weighted by Gasteiger charge is -2.35. The van der Waals surface area contributed by atoms with Crippen molar-refractivity contribution in [1.82, 2.24) is 20.1 Å². The Labute approximate surface area is 315 Å². The summed E-state index contributed by atoms with van der Waals surface area (Å²) in [5, 5.41) is 2.51.